The van der Waals surface area contributed by atoms with Gasteiger partial charge in [-0.05, 0) is 81.0 Å². The minimum absolute atomic E-state index is 0.0612. The van der Waals surface area contributed by atoms with Crippen LogP contribution in [0, 0.1) is 37.0 Å². The van der Waals surface area contributed by atoms with E-state index in [4.69, 9.17) is 14.7 Å². The van der Waals surface area contributed by atoms with Crippen molar-refractivity contribution in [2.24, 2.45) is 23.2 Å². The molecule has 0 aliphatic heterocycles. The van der Waals surface area contributed by atoms with Crippen LogP contribution in [0.1, 0.15) is 81.8 Å². The van der Waals surface area contributed by atoms with Gasteiger partial charge in [-0.25, -0.2) is 9.97 Å². The van der Waals surface area contributed by atoms with Crippen molar-refractivity contribution in [1.82, 2.24) is 9.97 Å². The number of hydrogen-bond donors (Lipinski definition) is 0. The summed E-state index contributed by atoms with van der Waals surface area (Å²) in [6.07, 6.45) is 10.3. The Balaban J connectivity index is 1.32. The maximum Gasteiger partial charge on any atom is 0.302 e. The number of ether oxygens (including phenoxy) is 1. The minimum Gasteiger partial charge on any atom is -0.462 e. The highest BCUT2D eigenvalue weighted by Gasteiger charge is 2.58. The Morgan fingerprint density at radius 2 is 1.71 bits per heavy atom. The van der Waals surface area contributed by atoms with Crippen molar-refractivity contribution >= 4 is 5.97 Å². The fraction of sp³-hybridized carbons (Fsp3) is 0.581. The smallest absolute Gasteiger partial charge is 0.302 e. The highest BCUT2D eigenvalue weighted by Crippen LogP contribution is 2.64. The Morgan fingerprint density at radius 3 is 2.46 bits per heavy atom. The summed E-state index contributed by atoms with van der Waals surface area (Å²) in [7, 11) is 0. The topological polar surface area (TPSA) is 52.1 Å². The Hall–Kier alpha value is -2.49. The van der Waals surface area contributed by atoms with Crippen LogP contribution in [-0.2, 0) is 21.4 Å². The molecule has 4 aliphatic rings. The summed E-state index contributed by atoms with van der Waals surface area (Å²) in [5.74, 6) is 2.74. The number of fused-ring (bicyclic) bond motifs is 7. The van der Waals surface area contributed by atoms with E-state index in [1.54, 1.807) is 5.57 Å². The standard InChI is InChI=1S/C31H38N2O2/c1-18-6-8-21(9-7-18)29-32-19(2)28-27(33-29)17-26-24-11-10-22-16-23(35-20(3)34)12-14-30(22,4)25(24)13-15-31(26,28)5/h6-10,23-26H,11-17H2,1-5H3/t23-,24+,25-,26-,30-,31-/m0/s1. The van der Waals surface area contributed by atoms with E-state index in [1.807, 2.05) is 0 Å². The van der Waals surface area contributed by atoms with Crippen molar-refractivity contribution in [2.75, 3.05) is 0 Å². The van der Waals surface area contributed by atoms with Crippen LogP contribution in [0.3, 0.4) is 0 Å². The molecule has 0 N–H and O–H groups in total. The summed E-state index contributed by atoms with van der Waals surface area (Å²) in [5, 5.41) is 0. The number of rotatable bonds is 2. The molecule has 184 valence electrons. The van der Waals surface area contributed by atoms with E-state index in [9.17, 15) is 4.79 Å². The van der Waals surface area contributed by atoms with Crippen molar-refractivity contribution in [2.45, 2.75) is 91.1 Å². The first kappa shape index (κ1) is 22.9. The van der Waals surface area contributed by atoms with E-state index in [0.717, 1.165) is 43.5 Å². The number of aryl methyl sites for hydroxylation is 2. The molecule has 0 spiro atoms. The second-order valence-electron chi connectivity index (χ2n) is 12.2. The fourth-order valence-electron chi connectivity index (χ4n) is 8.53. The van der Waals surface area contributed by atoms with Gasteiger partial charge in [0.25, 0.3) is 0 Å². The first-order chi connectivity index (χ1) is 16.7. The van der Waals surface area contributed by atoms with E-state index in [1.165, 1.54) is 42.3 Å². The summed E-state index contributed by atoms with van der Waals surface area (Å²) in [5.41, 5.74) is 8.24. The summed E-state index contributed by atoms with van der Waals surface area (Å²) < 4.78 is 5.62. The van der Waals surface area contributed by atoms with Gasteiger partial charge in [-0.15, -0.1) is 0 Å². The summed E-state index contributed by atoms with van der Waals surface area (Å²) in [6, 6.07) is 8.60. The zero-order valence-corrected chi connectivity index (χ0v) is 21.9. The largest absolute Gasteiger partial charge is 0.462 e. The number of esters is 1. The van der Waals surface area contributed by atoms with Crippen LogP contribution < -0.4 is 0 Å². The highest BCUT2D eigenvalue weighted by molar-refractivity contribution is 5.66. The molecule has 1 aromatic heterocycles. The van der Waals surface area contributed by atoms with Crippen LogP contribution >= 0.6 is 0 Å². The van der Waals surface area contributed by atoms with Crippen LogP contribution in [0.4, 0.5) is 0 Å². The van der Waals surface area contributed by atoms with Gasteiger partial charge in [-0.3, -0.25) is 4.79 Å². The SMILES string of the molecule is CC(=O)O[C@H]1CC[C@@]2(C)C(=CC[C@@H]3[C@@H]2CC[C@]2(C)c4c(C)nc(-c5ccc(C)cc5)nc4C[C@@H]32)C1. The number of nitrogens with zero attached hydrogens (tertiary/aromatic N) is 2. The third-order valence-electron chi connectivity index (χ3n) is 10.2. The number of carbonyl (C=O) groups is 1. The summed E-state index contributed by atoms with van der Waals surface area (Å²) in [4.78, 5) is 21.8. The van der Waals surface area contributed by atoms with Crippen LogP contribution in [-0.4, -0.2) is 22.0 Å². The maximum atomic E-state index is 11.6. The van der Waals surface area contributed by atoms with E-state index in [-0.39, 0.29) is 22.9 Å². The van der Waals surface area contributed by atoms with Gasteiger partial charge in [0.1, 0.15) is 6.10 Å². The minimum atomic E-state index is -0.147. The van der Waals surface area contributed by atoms with Gasteiger partial charge in [0, 0.05) is 35.9 Å². The molecule has 0 bridgehead atoms. The molecule has 2 saturated carbocycles. The molecule has 2 fully saturated rings. The molecule has 0 radical (unpaired) electrons. The highest BCUT2D eigenvalue weighted by atomic mass is 16.5. The van der Waals surface area contributed by atoms with Gasteiger partial charge in [-0.1, -0.05) is 55.3 Å². The van der Waals surface area contributed by atoms with Gasteiger partial charge >= 0.3 is 5.97 Å². The lowest BCUT2D eigenvalue weighted by Gasteiger charge is -2.57. The van der Waals surface area contributed by atoms with E-state index >= 15 is 0 Å². The third kappa shape index (κ3) is 3.50. The molecule has 6 rings (SSSR count). The molecule has 6 atom stereocenters. The quantitative estimate of drug-likeness (QED) is 0.363. The molecule has 4 aliphatic carbocycles. The predicted molar refractivity (Wildman–Crippen MR) is 138 cm³/mol. The fourth-order valence-corrected chi connectivity index (χ4v) is 8.53. The van der Waals surface area contributed by atoms with E-state index < -0.39 is 0 Å². The normalized spacial score (nSPS) is 35.3. The van der Waals surface area contributed by atoms with Gasteiger partial charge < -0.3 is 4.74 Å². The van der Waals surface area contributed by atoms with Crippen molar-refractivity contribution in [3.05, 3.63) is 58.4 Å². The van der Waals surface area contributed by atoms with Crippen LogP contribution in [0.2, 0.25) is 0 Å². The lowest BCUT2D eigenvalue weighted by atomic mass is 9.47. The van der Waals surface area contributed by atoms with Crippen molar-refractivity contribution in [1.29, 1.82) is 0 Å². The predicted octanol–water partition coefficient (Wildman–Crippen LogP) is 6.67. The van der Waals surface area contributed by atoms with Crippen LogP contribution in [0.15, 0.2) is 35.9 Å². The number of allylic oxidation sites excluding steroid dienone is 1. The van der Waals surface area contributed by atoms with Crippen molar-refractivity contribution in [3.8, 4) is 11.4 Å². The average Bonchev–Trinajstić information content (AvgIpc) is 3.12. The van der Waals surface area contributed by atoms with E-state index in [0.29, 0.717) is 17.8 Å². The molecule has 0 amide bonds. The zero-order chi connectivity index (χ0) is 24.5. The second-order valence-corrected chi connectivity index (χ2v) is 12.2. The lowest BCUT2D eigenvalue weighted by Crippen LogP contribution is -2.51. The second kappa shape index (κ2) is 8.01. The Kier molecular flexibility index (Phi) is 5.25. The molecule has 1 aromatic carbocycles. The molecule has 1 heterocycles. The Bertz CT molecular complexity index is 1220. The van der Waals surface area contributed by atoms with E-state index in [2.05, 4.69) is 58.0 Å². The number of hydrogen-bond acceptors (Lipinski definition) is 4. The molecule has 4 nitrogen and oxygen atoms in total. The third-order valence-corrected chi connectivity index (χ3v) is 10.2. The van der Waals surface area contributed by atoms with Crippen LogP contribution in [0.5, 0.6) is 0 Å². The Labute approximate surface area is 209 Å². The van der Waals surface area contributed by atoms with Gasteiger partial charge in [0.15, 0.2) is 5.82 Å². The number of aromatic nitrogens is 2. The molecule has 2 aromatic rings. The van der Waals surface area contributed by atoms with Crippen LogP contribution in [0.25, 0.3) is 11.4 Å². The molecule has 0 unspecified atom stereocenters. The molecule has 4 heteroatoms. The van der Waals surface area contributed by atoms with Gasteiger partial charge in [0.05, 0.1) is 0 Å². The van der Waals surface area contributed by atoms with Gasteiger partial charge in [0.2, 0.25) is 0 Å². The molecular formula is C31H38N2O2. The maximum absolute atomic E-state index is 11.6. The first-order valence-electron chi connectivity index (χ1n) is 13.5. The number of benzene rings is 1. The molecule has 35 heavy (non-hydrogen) atoms. The number of carbonyl (C=O) groups excluding carboxylic acids is 1. The first-order valence-corrected chi connectivity index (χ1v) is 13.5. The van der Waals surface area contributed by atoms with Crippen molar-refractivity contribution < 1.29 is 9.53 Å². The monoisotopic (exact) mass is 470 g/mol. The van der Waals surface area contributed by atoms with Gasteiger partial charge in [-0.2, -0.15) is 0 Å². The molecular weight excluding hydrogens is 432 g/mol. The molecule has 0 saturated heterocycles. The van der Waals surface area contributed by atoms with Crippen molar-refractivity contribution in [3.63, 3.8) is 0 Å². The Morgan fingerprint density at radius 1 is 0.971 bits per heavy atom. The average molecular weight is 471 g/mol. The zero-order valence-electron chi connectivity index (χ0n) is 21.9. The lowest BCUT2D eigenvalue weighted by molar-refractivity contribution is -0.148. The summed E-state index contributed by atoms with van der Waals surface area (Å²) >= 11 is 0. The summed E-state index contributed by atoms with van der Waals surface area (Å²) in [6.45, 7) is 10.9.